The Morgan fingerprint density at radius 3 is 2.47 bits per heavy atom. The number of nitrogens with one attached hydrogen (secondary N) is 1. The predicted molar refractivity (Wildman–Crippen MR) is 137 cm³/mol. The Morgan fingerprint density at radius 1 is 1.08 bits per heavy atom. The zero-order chi connectivity index (χ0) is 25.7. The van der Waals surface area contributed by atoms with Gasteiger partial charge in [0.25, 0.3) is 0 Å². The summed E-state index contributed by atoms with van der Waals surface area (Å²) in [6, 6.07) is 17.0. The molecule has 0 saturated heterocycles. The molecule has 2 aromatic carbocycles. The van der Waals surface area contributed by atoms with Gasteiger partial charge in [-0.25, -0.2) is 9.78 Å². The normalized spacial score (nSPS) is 18.7. The minimum atomic E-state index is -1.01. The summed E-state index contributed by atoms with van der Waals surface area (Å²) in [6.45, 7) is 5.89. The van der Waals surface area contributed by atoms with Crippen LogP contribution in [0.4, 0.5) is 0 Å². The summed E-state index contributed by atoms with van der Waals surface area (Å²) in [5.74, 6) is -0.450. The fraction of sp³-hybridized carbons (Fsp3) is 0.414. The van der Waals surface area contributed by atoms with Crippen LogP contribution in [0, 0.1) is 18.8 Å². The van der Waals surface area contributed by atoms with Gasteiger partial charge in [0.1, 0.15) is 11.7 Å². The van der Waals surface area contributed by atoms with Crippen molar-refractivity contribution in [1.29, 1.82) is 0 Å². The van der Waals surface area contributed by atoms with Gasteiger partial charge in [0.05, 0.1) is 12.7 Å². The second-order valence-electron chi connectivity index (χ2n) is 9.89. The smallest absolute Gasteiger partial charge is 0.326 e. The number of carboxylic acid groups (broad SMARTS) is 1. The third-order valence-corrected chi connectivity index (χ3v) is 6.71. The van der Waals surface area contributed by atoms with Gasteiger partial charge in [0, 0.05) is 17.0 Å². The summed E-state index contributed by atoms with van der Waals surface area (Å²) in [6.07, 6.45) is 2.87. The molecule has 1 fully saturated rings. The van der Waals surface area contributed by atoms with E-state index < -0.39 is 12.0 Å². The summed E-state index contributed by atoms with van der Waals surface area (Å²) in [4.78, 5) is 29.1. The van der Waals surface area contributed by atoms with Crippen molar-refractivity contribution in [3.8, 4) is 22.8 Å². The van der Waals surface area contributed by atoms with Crippen molar-refractivity contribution in [2.24, 2.45) is 11.8 Å². The number of benzene rings is 2. The number of ether oxygens (including phenoxy) is 1. The molecular formula is C29H34N2O5. The Morgan fingerprint density at radius 2 is 1.81 bits per heavy atom. The van der Waals surface area contributed by atoms with E-state index in [2.05, 4.69) is 5.32 Å². The van der Waals surface area contributed by atoms with Gasteiger partial charge in [0.2, 0.25) is 11.8 Å². The van der Waals surface area contributed by atoms with E-state index in [-0.39, 0.29) is 30.5 Å². The van der Waals surface area contributed by atoms with Crippen LogP contribution >= 0.6 is 0 Å². The lowest BCUT2D eigenvalue weighted by atomic mass is 9.86. The van der Waals surface area contributed by atoms with Crippen molar-refractivity contribution in [2.75, 3.05) is 0 Å². The molecule has 0 bridgehead atoms. The average Bonchev–Trinajstić information content (AvgIpc) is 3.31. The standard InChI is InChI=1S/C29H34N2O5/c1-18(2)25(29(33)34)31-27(32)22-10-7-11-23(16-22)35-17-24-26(20-8-5-4-6-9-20)36-28(30-24)21-14-12-19(3)13-15-21/h4-6,8-9,12-15,18,22-23,25H,7,10-11,16-17H2,1-3H3,(H,31,32)(H,33,34)/t22-,23+,25-/m0/s1. The molecular weight excluding hydrogens is 456 g/mol. The van der Waals surface area contributed by atoms with Crippen LogP contribution in [0.25, 0.3) is 22.8 Å². The lowest BCUT2D eigenvalue weighted by Gasteiger charge is -2.29. The first kappa shape index (κ1) is 25.6. The van der Waals surface area contributed by atoms with E-state index in [4.69, 9.17) is 14.1 Å². The van der Waals surface area contributed by atoms with Crippen molar-refractivity contribution in [3.05, 3.63) is 65.9 Å². The van der Waals surface area contributed by atoms with Crippen LogP contribution in [0.15, 0.2) is 59.0 Å². The lowest BCUT2D eigenvalue weighted by Crippen LogP contribution is -2.47. The zero-order valence-corrected chi connectivity index (χ0v) is 21.1. The van der Waals surface area contributed by atoms with Crippen LogP contribution in [0.5, 0.6) is 0 Å². The maximum atomic E-state index is 12.8. The van der Waals surface area contributed by atoms with E-state index in [1.165, 1.54) is 0 Å². The molecule has 7 heteroatoms. The van der Waals surface area contributed by atoms with Crippen molar-refractivity contribution in [3.63, 3.8) is 0 Å². The third kappa shape index (κ3) is 6.21. The number of carboxylic acids is 1. The first-order valence-corrected chi connectivity index (χ1v) is 12.6. The van der Waals surface area contributed by atoms with Crippen LogP contribution in [-0.4, -0.2) is 34.1 Å². The highest BCUT2D eigenvalue weighted by molar-refractivity contribution is 5.85. The van der Waals surface area contributed by atoms with Crippen LogP contribution in [0.3, 0.4) is 0 Å². The minimum absolute atomic E-state index is 0.111. The predicted octanol–water partition coefficient (Wildman–Crippen LogP) is 5.62. The van der Waals surface area contributed by atoms with Crippen LogP contribution in [0.2, 0.25) is 0 Å². The molecule has 0 spiro atoms. The minimum Gasteiger partial charge on any atom is -0.480 e. The quantitative estimate of drug-likeness (QED) is 0.404. The first-order chi connectivity index (χ1) is 17.3. The lowest BCUT2D eigenvalue weighted by molar-refractivity contribution is -0.144. The first-order valence-electron chi connectivity index (χ1n) is 12.6. The van der Waals surface area contributed by atoms with Gasteiger partial charge in [-0.1, -0.05) is 68.3 Å². The van der Waals surface area contributed by atoms with Crippen molar-refractivity contribution >= 4 is 11.9 Å². The summed E-state index contributed by atoms with van der Waals surface area (Å²) in [5.41, 5.74) is 3.71. The number of hydrogen-bond acceptors (Lipinski definition) is 5. The van der Waals surface area contributed by atoms with Gasteiger partial charge < -0.3 is 19.6 Å². The highest BCUT2D eigenvalue weighted by atomic mass is 16.5. The molecule has 0 aliphatic heterocycles. The maximum Gasteiger partial charge on any atom is 0.326 e. The van der Waals surface area contributed by atoms with Crippen molar-refractivity contribution in [2.45, 2.75) is 65.2 Å². The number of aliphatic carboxylic acids is 1. The van der Waals surface area contributed by atoms with Gasteiger partial charge in [-0.05, 0) is 44.2 Å². The Labute approximate surface area is 211 Å². The van der Waals surface area contributed by atoms with Gasteiger partial charge in [0.15, 0.2) is 5.76 Å². The molecule has 0 radical (unpaired) electrons. The van der Waals surface area contributed by atoms with E-state index >= 15 is 0 Å². The number of nitrogens with zero attached hydrogens (tertiary/aromatic N) is 1. The number of aryl methyl sites for hydroxylation is 1. The number of carbonyl (C=O) groups is 2. The Hall–Kier alpha value is -3.45. The number of hydrogen-bond donors (Lipinski definition) is 2. The van der Waals surface area contributed by atoms with Gasteiger partial charge in [-0.3, -0.25) is 4.79 Å². The topological polar surface area (TPSA) is 102 Å². The van der Waals surface area contributed by atoms with Gasteiger partial charge in [-0.15, -0.1) is 0 Å². The molecule has 1 aliphatic rings. The molecule has 190 valence electrons. The number of oxazole rings is 1. The second-order valence-corrected chi connectivity index (χ2v) is 9.89. The Bertz CT molecular complexity index is 1170. The molecule has 1 aromatic heterocycles. The van der Waals surface area contributed by atoms with E-state index in [0.29, 0.717) is 23.8 Å². The average molecular weight is 491 g/mol. The summed E-state index contributed by atoms with van der Waals surface area (Å²) in [5, 5.41) is 12.1. The monoisotopic (exact) mass is 490 g/mol. The summed E-state index contributed by atoms with van der Waals surface area (Å²) >= 11 is 0. The van der Waals surface area contributed by atoms with E-state index in [9.17, 15) is 14.7 Å². The molecule has 1 amide bonds. The molecule has 2 N–H and O–H groups in total. The number of rotatable bonds is 9. The highest BCUT2D eigenvalue weighted by Crippen LogP contribution is 2.32. The molecule has 3 atom stereocenters. The van der Waals surface area contributed by atoms with E-state index in [1.807, 2.05) is 61.5 Å². The summed E-state index contributed by atoms with van der Waals surface area (Å²) in [7, 11) is 0. The fourth-order valence-corrected chi connectivity index (χ4v) is 4.60. The Balaban J connectivity index is 1.46. The van der Waals surface area contributed by atoms with Crippen LogP contribution < -0.4 is 5.32 Å². The Kier molecular flexibility index (Phi) is 8.21. The number of carbonyl (C=O) groups excluding carboxylic acids is 1. The molecule has 3 aromatic rings. The summed E-state index contributed by atoms with van der Waals surface area (Å²) < 4.78 is 12.5. The van der Waals surface area contributed by atoms with Crippen LogP contribution in [0.1, 0.15) is 50.8 Å². The molecule has 1 aliphatic carbocycles. The van der Waals surface area contributed by atoms with Crippen molar-refractivity contribution < 1.29 is 23.8 Å². The molecule has 7 nitrogen and oxygen atoms in total. The van der Waals surface area contributed by atoms with Gasteiger partial charge >= 0.3 is 5.97 Å². The van der Waals surface area contributed by atoms with E-state index in [1.54, 1.807) is 13.8 Å². The largest absolute Gasteiger partial charge is 0.480 e. The molecule has 0 unspecified atom stereocenters. The highest BCUT2D eigenvalue weighted by Gasteiger charge is 2.32. The SMILES string of the molecule is Cc1ccc(-c2nc(CO[C@@H]3CCC[C@H](C(=O)N[C@H](C(=O)O)C(C)C)C3)c(-c3ccccc3)o2)cc1. The fourth-order valence-electron chi connectivity index (χ4n) is 4.60. The second kappa shape index (κ2) is 11.5. The molecule has 36 heavy (non-hydrogen) atoms. The molecule has 1 saturated carbocycles. The molecule has 1 heterocycles. The van der Waals surface area contributed by atoms with Crippen molar-refractivity contribution in [1.82, 2.24) is 10.3 Å². The number of amides is 1. The van der Waals surface area contributed by atoms with E-state index in [0.717, 1.165) is 36.0 Å². The van der Waals surface area contributed by atoms with Crippen LogP contribution in [-0.2, 0) is 20.9 Å². The third-order valence-electron chi connectivity index (χ3n) is 6.71. The number of aromatic nitrogens is 1. The molecule has 4 rings (SSSR count). The zero-order valence-electron chi connectivity index (χ0n) is 21.1. The maximum absolute atomic E-state index is 12.8. The van der Waals surface area contributed by atoms with Gasteiger partial charge in [-0.2, -0.15) is 0 Å².